The number of aryl methyl sites for hydroxylation is 1. The Labute approximate surface area is 133 Å². The molecule has 2 rings (SSSR count). The van der Waals surface area contributed by atoms with E-state index < -0.39 is 17.7 Å². The number of halogens is 4. The standard InChI is InChI=1S/C15H13Br2F2N/c1-8-5-12(17)10(7-11(8)16)14(20)6-9-3-2-4-13(18)15(9)19/h2-5,7,14H,6,20H2,1H3. The third-order valence-electron chi connectivity index (χ3n) is 3.15. The van der Waals surface area contributed by atoms with E-state index in [2.05, 4.69) is 31.9 Å². The molecule has 5 heteroatoms. The number of nitrogens with two attached hydrogens (primary N) is 1. The maximum atomic E-state index is 13.7. The van der Waals surface area contributed by atoms with Gasteiger partial charge in [-0.3, -0.25) is 0 Å². The maximum Gasteiger partial charge on any atom is 0.162 e. The molecule has 2 N–H and O–H groups in total. The van der Waals surface area contributed by atoms with E-state index in [1.54, 1.807) is 6.07 Å². The minimum atomic E-state index is -0.848. The van der Waals surface area contributed by atoms with Crippen LogP contribution < -0.4 is 5.73 Å². The van der Waals surface area contributed by atoms with E-state index in [4.69, 9.17) is 5.73 Å². The molecular formula is C15H13Br2F2N. The third kappa shape index (κ3) is 3.27. The quantitative estimate of drug-likeness (QED) is 0.761. The van der Waals surface area contributed by atoms with Crippen LogP contribution in [0.15, 0.2) is 39.3 Å². The zero-order valence-corrected chi connectivity index (χ0v) is 13.9. The van der Waals surface area contributed by atoms with Gasteiger partial charge in [0, 0.05) is 15.0 Å². The summed E-state index contributed by atoms with van der Waals surface area (Å²) < 4.78 is 28.7. The molecule has 0 aliphatic rings. The Hall–Kier alpha value is -0.780. The minimum absolute atomic E-state index is 0.234. The Morgan fingerprint density at radius 1 is 1.15 bits per heavy atom. The summed E-state index contributed by atoms with van der Waals surface area (Å²) in [7, 11) is 0. The molecule has 1 nitrogen and oxygen atoms in total. The molecule has 20 heavy (non-hydrogen) atoms. The average molecular weight is 405 g/mol. The number of benzene rings is 2. The lowest BCUT2D eigenvalue weighted by Gasteiger charge is -2.16. The summed E-state index contributed by atoms with van der Waals surface area (Å²) in [6, 6.07) is 7.57. The molecule has 1 atom stereocenters. The fraction of sp³-hybridized carbons (Fsp3) is 0.200. The van der Waals surface area contributed by atoms with Crippen LogP contribution in [0.4, 0.5) is 8.78 Å². The molecule has 2 aromatic rings. The van der Waals surface area contributed by atoms with Crippen molar-refractivity contribution < 1.29 is 8.78 Å². The molecular weight excluding hydrogens is 392 g/mol. The predicted molar refractivity (Wildman–Crippen MR) is 83.6 cm³/mol. The molecule has 0 aromatic heterocycles. The lowest BCUT2D eigenvalue weighted by atomic mass is 9.98. The molecule has 106 valence electrons. The Morgan fingerprint density at radius 2 is 1.85 bits per heavy atom. The zero-order valence-electron chi connectivity index (χ0n) is 10.8. The van der Waals surface area contributed by atoms with E-state index in [-0.39, 0.29) is 12.0 Å². The second kappa shape index (κ2) is 6.33. The van der Waals surface area contributed by atoms with Crippen molar-refractivity contribution in [2.75, 3.05) is 0 Å². The lowest BCUT2D eigenvalue weighted by Crippen LogP contribution is -2.15. The van der Waals surface area contributed by atoms with Crippen molar-refractivity contribution in [1.82, 2.24) is 0 Å². The predicted octanol–water partition coefficient (Wildman–Crippen LogP) is 5.04. The van der Waals surface area contributed by atoms with Crippen LogP contribution in [0, 0.1) is 18.6 Å². The first kappa shape index (κ1) is 15.6. The van der Waals surface area contributed by atoms with Crippen molar-refractivity contribution in [2.45, 2.75) is 19.4 Å². The Bertz CT molecular complexity index is 644. The van der Waals surface area contributed by atoms with E-state index in [0.29, 0.717) is 0 Å². The Kier molecular flexibility index (Phi) is 4.94. The van der Waals surface area contributed by atoms with Crippen molar-refractivity contribution >= 4 is 31.9 Å². The first-order valence-electron chi connectivity index (χ1n) is 6.04. The first-order chi connectivity index (χ1) is 9.40. The molecule has 0 heterocycles. The van der Waals surface area contributed by atoms with Gasteiger partial charge >= 0.3 is 0 Å². The fourth-order valence-electron chi connectivity index (χ4n) is 2.00. The van der Waals surface area contributed by atoms with Crippen molar-refractivity contribution in [3.8, 4) is 0 Å². The largest absolute Gasteiger partial charge is 0.324 e. The van der Waals surface area contributed by atoms with Gasteiger partial charge in [-0.25, -0.2) is 8.78 Å². The smallest absolute Gasteiger partial charge is 0.162 e. The number of hydrogen-bond acceptors (Lipinski definition) is 1. The van der Waals surface area contributed by atoms with Crippen LogP contribution in [0.5, 0.6) is 0 Å². The highest BCUT2D eigenvalue weighted by atomic mass is 79.9. The summed E-state index contributed by atoms with van der Waals surface area (Å²) in [4.78, 5) is 0. The zero-order chi connectivity index (χ0) is 14.9. The molecule has 0 amide bonds. The Balaban J connectivity index is 2.31. The highest BCUT2D eigenvalue weighted by Crippen LogP contribution is 2.30. The third-order valence-corrected chi connectivity index (χ3v) is 4.69. The van der Waals surface area contributed by atoms with Crippen LogP contribution in [0.25, 0.3) is 0 Å². The molecule has 0 bridgehead atoms. The SMILES string of the molecule is Cc1cc(Br)c(C(N)Cc2cccc(F)c2F)cc1Br. The minimum Gasteiger partial charge on any atom is -0.324 e. The lowest BCUT2D eigenvalue weighted by molar-refractivity contribution is 0.494. The van der Waals surface area contributed by atoms with E-state index >= 15 is 0 Å². The average Bonchev–Trinajstić information content (AvgIpc) is 2.39. The molecule has 0 saturated carbocycles. The number of hydrogen-bond donors (Lipinski definition) is 1. The molecule has 0 spiro atoms. The van der Waals surface area contributed by atoms with Crippen LogP contribution in [0.1, 0.15) is 22.7 Å². The van der Waals surface area contributed by atoms with Crippen LogP contribution in [0.3, 0.4) is 0 Å². The van der Waals surface area contributed by atoms with Gasteiger partial charge in [-0.1, -0.05) is 44.0 Å². The summed E-state index contributed by atoms with van der Waals surface area (Å²) in [5.41, 5.74) is 8.33. The van der Waals surface area contributed by atoms with Crippen LogP contribution >= 0.6 is 31.9 Å². The highest BCUT2D eigenvalue weighted by Gasteiger charge is 2.16. The highest BCUT2D eigenvalue weighted by molar-refractivity contribution is 9.11. The van der Waals surface area contributed by atoms with Gasteiger partial charge in [0.05, 0.1) is 0 Å². The molecule has 0 saturated heterocycles. The molecule has 0 fully saturated rings. The van der Waals surface area contributed by atoms with Crippen molar-refractivity contribution in [3.63, 3.8) is 0 Å². The van der Waals surface area contributed by atoms with Crippen molar-refractivity contribution in [1.29, 1.82) is 0 Å². The van der Waals surface area contributed by atoms with Gasteiger partial charge in [-0.05, 0) is 48.2 Å². The summed E-state index contributed by atoms with van der Waals surface area (Å²) in [5, 5.41) is 0. The van der Waals surface area contributed by atoms with Crippen molar-refractivity contribution in [2.24, 2.45) is 5.73 Å². The van der Waals surface area contributed by atoms with Gasteiger partial charge < -0.3 is 5.73 Å². The summed E-state index contributed by atoms with van der Waals surface area (Å²) in [6.07, 6.45) is 0.234. The van der Waals surface area contributed by atoms with Crippen molar-refractivity contribution in [3.05, 3.63) is 67.6 Å². The van der Waals surface area contributed by atoms with Crippen LogP contribution in [0.2, 0.25) is 0 Å². The summed E-state index contributed by atoms with van der Waals surface area (Å²) in [5.74, 6) is -1.68. The normalized spacial score (nSPS) is 12.5. The van der Waals surface area contributed by atoms with Gasteiger partial charge in [-0.2, -0.15) is 0 Å². The second-order valence-corrected chi connectivity index (χ2v) is 6.36. The van der Waals surface area contributed by atoms with E-state index in [9.17, 15) is 8.78 Å². The maximum absolute atomic E-state index is 13.7. The summed E-state index contributed by atoms with van der Waals surface area (Å²) >= 11 is 6.91. The topological polar surface area (TPSA) is 26.0 Å². The van der Waals surface area contributed by atoms with E-state index in [0.717, 1.165) is 26.1 Å². The molecule has 0 radical (unpaired) electrons. The van der Waals surface area contributed by atoms with Crippen LogP contribution in [-0.2, 0) is 6.42 Å². The monoisotopic (exact) mass is 403 g/mol. The first-order valence-corrected chi connectivity index (χ1v) is 7.62. The molecule has 0 aliphatic heterocycles. The van der Waals surface area contributed by atoms with Gasteiger partial charge in [0.2, 0.25) is 0 Å². The van der Waals surface area contributed by atoms with E-state index in [1.165, 1.54) is 6.07 Å². The Morgan fingerprint density at radius 3 is 2.55 bits per heavy atom. The fourth-order valence-corrected chi connectivity index (χ4v) is 3.11. The van der Waals surface area contributed by atoms with E-state index in [1.807, 2.05) is 19.1 Å². The molecule has 1 unspecified atom stereocenters. The number of rotatable bonds is 3. The van der Waals surface area contributed by atoms with Gasteiger partial charge in [0.1, 0.15) is 0 Å². The summed E-state index contributed by atoms with van der Waals surface area (Å²) in [6.45, 7) is 1.97. The molecule has 0 aliphatic carbocycles. The second-order valence-electron chi connectivity index (χ2n) is 4.65. The van der Waals surface area contributed by atoms with Gasteiger partial charge in [0.25, 0.3) is 0 Å². The van der Waals surface area contributed by atoms with Crippen LogP contribution in [-0.4, -0.2) is 0 Å². The van der Waals surface area contributed by atoms with Gasteiger partial charge in [-0.15, -0.1) is 0 Å². The van der Waals surface area contributed by atoms with Gasteiger partial charge in [0.15, 0.2) is 11.6 Å². The molecule has 2 aromatic carbocycles.